The van der Waals surface area contributed by atoms with Gasteiger partial charge in [-0.15, -0.1) is 6.42 Å². The van der Waals surface area contributed by atoms with Crippen LogP contribution in [-0.4, -0.2) is 4.57 Å². The van der Waals surface area contributed by atoms with Crippen LogP contribution in [0.15, 0.2) is 24.4 Å². The van der Waals surface area contributed by atoms with Crippen LogP contribution in [0.25, 0.3) is 10.9 Å². The number of terminal acetylenes is 1. The van der Waals surface area contributed by atoms with Gasteiger partial charge in [-0.2, -0.15) is 0 Å². The van der Waals surface area contributed by atoms with E-state index in [-0.39, 0.29) is 5.82 Å². The highest BCUT2D eigenvalue weighted by atomic mass is 19.1. The average molecular weight is 187 g/mol. The minimum atomic E-state index is -0.209. The van der Waals surface area contributed by atoms with Crippen molar-refractivity contribution >= 4 is 10.9 Å². The van der Waals surface area contributed by atoms with Gasteiger partial charge in [0.15, 0.2) is 0 Å². The molecular weight excluding hydrogens is 177 g/mol. The van der Waals surface area contributed by atoms with Gasteiger partial charge in [0.1, 0.15) is 5.82 Å². The van der Waals surface area contributed by atoms with Crippen molar-refractivity contribution in [3.8, 4) is 12.3 Å². The van der Waals surface area contributed by atoms with Crippen LogP contribution in [0.1, 0.15) is 5.56 Å². The summed E-state index contributed by atoms with van der Waals surface area (Å²) in [5.74, 6) is 2.36. The highest BCUT2D eigenvalue weighted by molar-refractivity contribution is 5.83. The molecule has 0 unspecified atom stereocenters. The number of rotatable bonds is 1. The van der Waals surface area contributed by atoms with Crippen LogP contribution in [0, 0.1) is 25.1 Å². The molecule has 1 nitrogen and oxygen atoms in total. The second-order valence-electron chi connectivity index (χ2n) is 3.31. The summed E-state index contributed by atoms with van der Waals surface area (Å²) in [6.45, 7) is 2.48. The van der Waals surface area contributed by atoms with Crippen molar-refractivity contribution in [1.82, 2.24) is 4.57 Å². The Morgan fingerprint density at radius 2 is 2.29 bits per heavy atom. The van der Waals surface area contributed by atoms with Crippen LogP contribution in [0.4, 0.5) is 4.39 Å². The second kappa shape index (κ2) is 3.19. The lowest BCUT2D eigenvalue weighted by atomic mass is 10.2. The van der Waals surface area contributed by atoms with Crippen LogP contribution in [-0.2, 0) is 6.54 Å². The van der Waals surface area contributed by atoms with Crippen molar-refractivity contribution in [3.63, 3.8) is 0 Å². The quantitative estimate of drug-likeness (QED) is 0.605. The number of aryl methyl sites for hydroxylation is 1. The first-order valence-electron chi connectivity index (χ1n) is 4.41. The van der Waals surface area contributed by atoms with E-state index in [2.05, 4.69) is 5.92 Å². The van der Waals surface area contributed by atoms with Gasteiger partial charge in [-0.25, -0.2) is 4.39 Å². The molecule has 0 amide bonds. The highest BCUT2D eigenvalue weighted by Crippen LogP contribution is 2.21. The molecule has 1 aromatic heterocycles. The molecular formula is C12H10FN. The van der Waals surface area contributed by atoms with E-state index >= 15 is 0 Å². The third kappa shape index (κ3) is 1.27. The Bertz CT molecular complexity index is 517. The van der Waals surface area contributed by atoms with Crippen molar-refractivity contribution < 1.29 is 4.39 Å². The third-order valence-corrected chi connectivity index (χ3v) is 2.30. The summed E-state index contributed by atoms with van der Waals surface area (Å²) in [7, 11) is 0. The minimum Gasteiger partial charge on any atom is -0.336 e. The van der Waals surface area contributed by atoms with Gasteiger partial charge in [-0.05, 0) is 30.7 Å². The summed E-state index contributed by atoms with van der Waals surface area (Å²) < 4.78 is 14.9. The number of benzene rings is 1. The largest absolute Gasteiger partial charge is 0.336 e. The van der Waals surface area contributed by atoms with Crippen LogP contribution in [0.5, 0.6) is 0 Å². The summed E-state index contributed by atoms with van der Waals surface area (Å²) in [5, 5.41) is 0.931. The first kappa shape index (κ1) is 8.83. The van der Waals surface area contributed by atoms with E-state index in [4.69, 9.17) is 6.42 Å². The molecule has 1 heterocycles. The molecule has 70 valence electrons. The number of aromatic nitrogens is 1. The standard InChI is InChI=1S/C12H10FN/c1-3-6-14-8-9(2)11-7-10(13)4-5-12(11)14/h1,4-5,7-8H,6H2,2H3. The van der Waals surface area contributed by atoms with Crippen molar-refractivity contribution in [2.45, 2.75) is 13.5 Å². The number of fused-ring (bicyclic) bond motifs is 1. The van der Waals surface area contributed by atoms with E-state index < -0.39 is 0 Å². The molecule has 0 bridgehead atoms. The van der Waals surface area contributed by atoms with Gasteiger partial charge in [0, 0.05) is 17.1 Å². The maximum absolute atomic E-state index is 13.0. The predicted octanol–water partition coefficient (Wildman–Crippen LogP) is 2.72. The molecule has 0 aliphatic carbocycles. The number of halogens is 1. The minimum absolute atomic E-state index is 0.209. The third-order valence-electron chi connectivity index (χ3n) is 2.30. The Kier molecular flexibility index (Phi) is 2.01. The molecule has 0 fully saturated rings. The zero-order chi connectivity index (χ0) is 10.1. The molecule has 2 heteroatoms. The number of hydrogen-bond donors (Lipinski definition) is 0. The fourth-order valence-corrected chi connectivity index (χ4v) is 1.68. The highest BCUT2D eigenvalue weighted by Gasteiger charge is 2.04. The van der Waals surface area contributed by atoms with Crippen LogP contribution >= 0.6 is 0 Å². The van der Waals surface area contributed by atoms with Gasteiger partial charge in [0.05, 0.1) is 6.54 Å². The summed E-state index contributed by atoms with van der Waals surface area (Å²) in [6, 6.07) is 4.75. The second-order valence-corrected chi connectivity index (χ2v) is 3.31. The van der Waals surface area contributed by atoms with Gasteiger partial charge < -0.3 is 4.57 Å². The Hall–Kier alpha value is -1.75. The summed E-state index contributed by atoms with van der Waals surface area (Å²) in [5.41, 5.74) is 2.04. The smallest absolute Gasteiger partial charge is 0.123 e. The monoisotopic (exact) mass is 187 g/mol. The van der Waals surface area contributed by atoms with E-state index in [9.17, 15) is 4.39 Å². The Morgan fingerprint density at radius 3 is 3.00 bits per heavy atom. The molecule has 0 spiro atoms. The lowest BCUT2D eigenvalue weighted by Gasteiger charge is -1.98. The van der Waals surface area contributed by atoms with E-state index in [0.29, 0.717) is 6.54 Å². The molecule has 14 heavy (non-hydrogen) atoms. The summed E-state index contributed by atoms with van der Waals surface area (Å²) in [4.78, 5) is 0. The van der Waals surface area contributed by atoms with Gasteiger partial charge >= 0.3 is 0 Å². The maximum Gasteiger partial charge on any atom is 0.123 e. The first-order valence-corrected chi connectivity index (χ1v) is 4.41. The van der Waals surface area contributed by atoms with E-state index in [1.54, 1.807) is 6.07 Å². The number of nitrogens with zero attached hydrogens (tertiary/aromatic N) is 1. The summed E-state index contributed by atoms with van der Waals surface area (Å²) >= 11 is 0. The average Bonchev–Trinajstić information content (AvgIpc) is 2.44. The van der Waals surface area contributed by atoms with Crippen LogP contribution in [0.3, 0.4) is 0 Å². The van der Waals surface area contributed by atoms with Crippen LogP contribution < -0.4 is 0 Å². The molecule has 0 saturated carbocycles. The predicted molar refractivity (Wildman–Crippen MR) is 55.5 cm³/mol. The SMILES string of the molecule is C#CCn1cc(C)c2cc(F)ccc21. The Morgan fingerprint density at radius 1 is 1.50 bits per heavy atom. The zero-order valence-corrected chi connectivity index (χ0v) is 7.92. The number of hydrogen-bond acceptors (Lipinski definition) is 0. The Balaban J connectivity index is 2.72. The topological polar surface area (TPSA) is 4.93 Å². The fraction of sp³-hybridized carbons (Fsp3) is 0.167. The summed E-state index contributed by atoms with van der Waals surface area (Å²) in [6.07, 6.45) is 7.19. The first-order chi connectivity index (χ1) is 6.72. The molecule has 1 aromatic carbocycles. The van der Waals surface area contributed by atoms with E-state index in [1.807, 2.05) is 17.7 Å². The molecule has 0 radical (unpaired) electrons. The lowest BCUT2D eigenvalue weighted by molar-refractivity contribution is 0.629. The molecule has 0 aliphatic heterocycles. The van der Waals surface area contributed by atoms with Crippen molar-refractivity contribution in [2.24, 2.45) is 0 Å². The molecule has 0 saturated heterocycles. The molecule has 0 N–H and O–H groups in total. The van der Waals surface area contributed by atoms with Gasteiger partial charge in [0.25, 0.3) is 0 Å². The molecule has 2 aromatic rings. The molecule has 0 aliphatic rings. The maximum atomic E-state index is 13.0. The van der Waals surface area contributed by atoms with Gasteiger partial charge in [0.2, 0.25) is 0 Å². The van der Waals surface area contributed by atoms with Crippen LogP contribution in [0.2, 0.25) is 0 Å². The van der Waals surface area contributed by atoms with Crippen molar-refractivity contribution in [3.05, 3.63) is 35.8 Å². The fourth-order valence-electron chi connectivity index (χ4n) is 1.68. The van der Waals surface area contributed by atoms with Crippen molar-refractivity contribution in [2.75, 3.05) is 0 Å². The normalized spacial score (nSPS) is 10.4. The van der Waals surface area contributed by atoms with Crippen molar-refractivity contribution in [1.29, 1.82) is 0 Å². The molecule has 0 atom stereocenters. The van der Waals surface area contributed by atoms with Gasteiger partial charge in [-0.3, -0.25) is 0 Å². The lowest BCUT2D eigenvalue weighted by Crippen LogP contribution is -1.92. The Labute approximate surface area is 82.2 Å². The zero-order valence-electron chi connectivity index (χ0n) is 7.92. The molecule has 2 rings (SSSR count). The van der Waals surface area contributed by atoms with E-state index in [1.165, 1.54) is 12.1 Å². The van der Waals surface area contributed by atoms with Gasteiger partial charge in [-0.1, -0.05) is 5.92 Å². The van der Waals surface area contributed by atoms with E-state index in [0.717, 1.165) is 16.5 Å².